The molecule has 15 heavy (non-hydrogen) atoms. The first-order valence-electron chi connectivity index (χ1n) is 4.79. The average Bonchev–Trinajstić information content (AvgIpc) is 2.40. The molecule has 78 valence electrons. The molecule has 0 aliphatic carbocycles. The number of carbonyl (C=O) groups excluding carboxylic acids is 2. The van der Waals surface area contributed by atoms with Crippen LogP contribution in [0.25, 0.3) is 0 Å². The third-order valence-electron chi connectivity index (χ3n) is 2.29. The Morgan fingerprint density at radius 3 is 3.00 bits per heavy atom. The van der Waals surface area contributed by atoms with Gasteiger partial charge in [-0.3, -0.25) is 4.79 Å². The van der Waals surface area contributed by atoms with Crippen LogP contribution in [0.1, 0.15) is 6.42 Å². The van der Waals surface area contributed by atoms with E-state index < -0.39 is 0 Å². The normalized spacial score (nSPS) is 15.7. The van der Waals surface area contributed by atoms with Gasteiger partial charge in [0.2, 0.25) is 5.91 Å². The van der Waals surface area contributed by atoms with Crippen LogP contribution < -0.4 is 4.90 Å². The van der Waals surface area contributed by atoms with Crippen molar-refractivity contribution in [2.75, 3.05) is 17.2 Å². The molecule has 0 bridgehead atoms. The molecule has 0 spiro atoms. The number of hydrogen-bond acceptors (Lipinski definition) is 3. The predicted octanol–water partition coefficient (Wildman–Crippen LogP) is 1.71. The minimum Gasteiger partial charge on any atom is -0.304 e. The third-order valence-corrected chi connectivity index (χ3v) is 3.35. The van der Waals surface area contributed by atoms with Crippen LogP contribution in [-0.4, -0.2) is 24.5 Å². The Labute approximate surface area is 92.5 Å². The molecule has 1 aliphatic rings. The molecule has 1 aromatic rings. The molecule has 1 amide bonds. The quantitative estimate of drug-likeness (QED) is 0.713. The van der Waals surface area contributed by atoms with Crippen molar-refractivity contribution in [3.8, 4) is 0 Å². The maximum atomic E-state index is 11.7. The maximum Gasteiger partial charge on any atom is 0.228 e. The molecule has 0 saturated carbocycles. The summed E-state index contributed by atoms with van der Waals surface area (Å²) in [5.74, 6) is 0.810. The average molecular weight is 221 g/mol. The predicted molar refractivity (Wildman–Crippen MR) is 60.2 cm³/mol. The Morgan fingerprint density at radius 2 is 2.20 bits per heavy atom. The van der Waals surface area contributed by atoms with Crippen molar-refractivity contribution < 1.29 is 9.59 Å². The highest BCUT2D eigenvalue weighted by molar-refractivity contribution is 7.99. The number of rotatable bonds is 2. The van der Waals surface area contributed by atoms with Crippen molar-refractivity contribution in [1.82, 2.24) is 0 Å². The number of benzene rings is 1. The first-order valence-corrected chi connectivity index (χ1v) is 5.77. The van der Waals surface area contributed by atoms with Gasteiger partial charge in [0.25, 0.3) is 0 Å². The van der Waals surface area contributed by atoms with E-state index in [-0.39, 0.29) is 12.5 Å². The van der Waals surface area contributed by atoms with Crippen molar-refractivity contribution in [2.45, 2.75) is 11.3 Å². The Balaban J connectivity index is 2.42. The summed E-state index contributed by atoms with van der Waals surface area (Å²) in [6.45, 7) is 0.149. The molecule has 4 heteroatoms. The summed E-state index contributed by atoms with van der Waals surface area (Å²) >= 11 is 1.66. The molecule has 0 N–H and O–H groups in total. The maximum absolute atomic E-state index is 11.7. The summed E-state index contributed by atoms with van der Waals surface area (Å²) in [6.07, 6.45) is 1.26. The number of nitrogens with zero attached hydrogens (tertiary/aromatic N) is 1. The lowest BCUT2D eigenvalue weighted by molar-refractivity contribution is -0.119. The monoisotopic (exact) mass is 221 g/mol. The minimum atomic E-state index is 0.0274. The van der Waals surface area contributed by atoms with Gasteiger partial charge in [-0.1, -0.05) is 12.1 Å². The van der Waals surface area contributed by atoms with Gasteiger partial charge in [-0.05, 0) is 12.1 Å². The molecule has 0 fully saturated rings. The van der Waals surface area contributed by atoms with E-state index in [2.05, 4.69) is 0 Å². The lowest BCUT2D eigenvalue weighted by Gasteiger charge is -2.19. The fourth-order valence-electron chi connectivity index (χ4n) is 1.59. The van der Waals surface area contributed by atoms with Crippen molar-refractivity contribution in [3.05, 3.63) is 24.3 Å². The highest BCUT2D eigenvalue weighted by Gasteiger charge is 2.21. The van der Waals surface area contributed by atoms with E-state index in [9.17, 15) is 9.59 Å². The molecule has 0 aromatic heterocycles. The van der Waals surface area contributed by atoms with E-state index in [0.29, 0.717) is 6.42 Å². The summed E-state index contributed by atoms with van der Waals surface area (Å²) in [5.41, 5.74) is 0.858. The largest absolute Gasteiger partial charge is 0.304 e. The fourth-order valence-corrected chi connectivity index (χ4v) is 2.59. The number of thioether (sulfide) groups is 1. The summed E-state index contributed by atoms with van der Waals surface area (Å²) in [7, 11) is 0. The molecule has 1 heterocycles. The van der Waals surface area contributed by atoms with Crippen molar-refractivity contribution in [2.24, 2.45) is 0 Å². The lowest BCUT2D eigenvalue weighted by atomic mass is 10.2. The van der Waals surface area contributed by atoms with E-state index in [4.69, 9.17) is 0 Å². The summed E-state index contributed by atoms with van der Waals surface area (Å²) < 4.78 is 0. The Hall–Kier alpha value is -1.29. The van der Waals surface area contributed by atoms with Gasteiger partial charge in [0.15, 0.2) is 0 Å². The fraction of sp³-hybridized carbons (Fsp3) is 0.273. The van der Waals surface area contributed by atoms with E-state index in [0.717, 1.165) is 22.6 Å². The third kappa shape index (κ3) is 2.04. The van der Waals surface area contributed by atoms with Crippen LogP contribution in [0, 0.1) is 0 Å². The zero-order chi connectivity index (χ0) is 10.7. The van der Waals surface area contributed by atoms with Crippen molar-refractivity contribution in [3.63, 3.8) is 0 Å². The van der Waals surface area contributed by atoms with Crippen molar-refractivity contribution in [1.29, 1.82) is 0 Å². The number of aldehydes is 1. The van der Waals surface area contributed by atoms with Gasteiger partial charge in [0.05, 0.1) is 12.2 Å². The Morgan fingerprint density at radius 1 is 1.40 bits per heavy atom. The molecule has 3 nitrogen and oxygen atoms in total. The molecule has 0 atom stereocenters. The molecule has 1 aromatic carbocycles. The summed E-state index contributed by atoms with van der Waals surface area (Å²) in [6, 6.07) is 7.70. The van der Waals surface area contributed by atoms with Crippen LogP contribution in [0.3, 0.4) is 0 Å². The van der Waals surface area contributed by atoms with Crippen molar-refractivity contribution >= 4 is 29.6 Å². The number of carbonyl (C=O) groups is 2. The van der Waals surface area contributed by atoms with E-state index in [1.807, 2.05) is 24.3 Å². The van der Waals surface area contributed by atoms with E-state index in [1.54, 1.807) is 16.7 Å². The van der Waals surface area contributed by atoms with Crippen LogP contribution in [0.2, 0.25) is 0 Å². The SMILES string of the molecule is O=CCN1C(=O)CCSc2ccccc21. The van der Waals surface area contributed by atoms with Gasteiger partial charge >= 0.3 is 0 Å². The molecular formula is C11H11NO2S. The highest BCUT2D eigenvalue weighted by Crippen LogP contribution is 2.33. The molecule has 0 radical (unpaired) electrons. The van der Waals surface area contributed by atoms with Gasteiger partial charge in [0, 0.05) is 17.1 Å². The number of hydrogen-bond donors (Lipinski definition) is 0. The van der Waals surface area contributed by atoms with Crippen LogP contribution >= 0.6 is 11.8 Å². The zero-order valence-electron chi connectivity index (χ0n) is 8.18. The second kappa shape index (κ2) is 4.49. The van der Waals surface area contributed by atoms with E-state index in [1.165, 1.54) is 0 Å². The topological polar surface area (TPSA) is 37.4 Å². The van der Waals surface area contributed by atoms with Gasteiger partial charge in [-0.25, -0.2) is 0 Å². The minimum absolute atomic E-state index is 0.0274. The number of amides is 1. The zero-order valence-corrected chi connectivity index (χ0v) is 9.00. The lowest BCUT2D eigenvalue weighted by Crippen LogP contribution is -2.32. The summed E-state index contributed by atoms with van der Waals surface area (Å²) in [5, 5.41) is 0. The first kappa shape index (κ1) is 10.2. The number of para-hydroxylation sites is 1. The van der Waals surface area contributed by atoms with Gasteiger partial charge in [-0.2, -0.15) is 0 Å². The molecule has 1 aliphatic heterocycles. The molecular weight excluding hydrogens is 210 g/mol. The van der Waals surface area contributed by atoms with Crippen LogP contribution in [-0.2, 0) is 9.59 Å². The number of fused-ring (bicyclic) bond motifs is 1. The summed E-state index contributed by atoms with van der Waals surface area (Å²) in [4.78, 5) is 24.9. The number of anilines is 1. The molecule has 2 rings (SSSR count). The first-order chi connectivity index (χ1) is 7.33. The highest BCUT2D eigenvalue weighted by atomic mass is 32.2. The van der Waals surface area contributed by atoms with Crippen LogP contribution in [0.5, 0.6) is 0 Å². The molecule has 0 saturated heterocycles. The van der Waals surface area contributed by atoms with Gasteiger partial charge < -0.3 is 9.69 Å². The Bertz CT molecular complexity index is 392. The smallest absolute Gasteiger partial charge is 0.228 e. The standard InChI is InChI=1S/C11H11NO2S/c13-7-6-12-9-3-1-2-4-10(9)15-8-5-11(12)14/h1-4,7H,5-6,8H2. The van der Waals surface area contributed by atoms with Gasteiger partial charge in [0.1, 0.15) is 6.29 Å². The van der Waals surface area contributed by atoms with Gasteiger partial charge in [-0.15, -0.1) is 11.8 Å². The van der Waals surface area contributed by atoms with Crippen LogP contribution in [0.4, 0.5) is 5.69 Å². The Kier molecular flexibility index (Phi) is 3.06. The van der Waals surface area contributed by atoms with Crippen LogP contribution in [0.15, 0.2) is 29.2 Å². The second-order valence-corrected chi connectivity index (χ2v) is 4.37. The molecule has 0 unspecified atom stereocenters. The van der Waals surface area contributed by atoms with E-state index >= 15 is 0 Å². The second-order valence-electron chi connectivity index (χ2n) is 3.24.